The molecule has 0 saturated heterocycles. The molecular formula is C11H20IN. The van der Waals surface area contributed by atoms with E-state index in [2.05, 4.69) is 34.7 Å². The molecule has 0 aromatic heterocycles. The van der Waals surface area contributed by atoms with Gasteiger partial charge in [0.15, 0.2) is 0 Å². The fraction of sp³-hybridized carbons (Fsp3) is 0.818. The molecule has 1 aliphatic carbocycles. The van der Waals surface area contributed by atoms with Gasteiger partial charge < -0.3 is 5.73 Å². The third-order valence-corrected chi connectivity index (χ3v) is 3.54. The Kier molecular flexibility index (Phi) is 6.04. The van der Waals surface area contributed by atoms with E-state index in [1.807, 2.05) is 0 Å². The van der Waals surface area contributed by atoms with Crippen molar-refractivity contribution in [2.24, 2.45) is 17.6 Å². The number of rotatable bonds is 5. The summed E-state index contributed by atoms with van der Waals surface area (Å²) in [6, 6.07) is 0. The summed E-state index contributed by atoms with van der Waals surface area (Å²) in [5, 5.41) is 0. The van der Waals surface area contributed by atoms with Gasteiger partial charge >= 0.3 is 0 Å². The second kappa shape index (κ2) is 6.82. The van der Waals surface area contributed by atoms with Crippen LogP contribution in [0.4, 0.5) is 0 Å². The molecular weight excluding hydrogens is 273 g/mol. The number of hydrogen-bond donors (Lipinski definition) is 1. The van der Waals surface area contributed by atoms with Crippen LogP contribution in [0.15, 0.2) is 12.2 Å². The van der Waals surface area contributed by atoms with Gasteiger partial charge in [0, 0.05) is 0 Å². The van der Waals surface area contributed by atoms with Crippen molar-refractivity contribution < 1.29 is 0 Å². The molecule has 1 aliphatic rings. The largest absolute Gasteiger partial charge is 0.330 e. The fourth-order valence-corrected chi connectivity index (χ4v) is 2.96. The first-order chi connectivity index (χ1) is 6.38. The van der Waals surface area contributed by atoms with Crippen LogP contribution in [0.3, 0.4) is 0 Å². The normalized spacial score (nSPS) is 24.6. The molecule has 0 aliphatic heterocycles. The van der Waals surface area contributed by atoms with Gasteiger partial charge in [-0.05, 0) is 54.9 Å². The maximum atomic E-state index is 5.64. The summed E-state index contributed by atoms with van der Waals surface area (Å²) < 4.78 is 1.27. The quantitative estimate of drug-likeness (QED) is 0.470. The zero-order valence-corrected chi connectivity index (χ0v) is 10.4. The first-order valence-corrected chi connectivity index (χ1v) is 6.83. The summed E-state index contributed by atoms with van der Waals surface area (Å²) in [6.45, 7) is 0.853. The summed E-state index contributed by atoms with van der Waals surface area (Å²) >= 11 is 2.47. The highest BCUT2D eigenvalue weighted by Gasteiger charge is 2.18. The summed E-state index contributed by atoms with van der Waals surface area (Å²) in [6.07, 6.45) is 11.4. The molecule has 0 fully saturated rings. The van der Waals surface area contributed by atoms with Crippen LogP contribution in [0.25, 0.3) is 0 Å². The van der Waals surface area contributed by atoms with Crippen molar-refractivity contribution in [1.29, 1.82) is 0 Å². The molecule has 0 aromatic carbocycles. The molecule has 1 nitrogen and oxygen atoms in total. The Balaban J connectivity index is 2.41. The Labute approximate surface area is 95.3 Å². The lowest BCUT2D eigenvalue weighted by molar-refractivity contribution is 0.335. The maximum absolute atomic E-state index is 5.64. The van der Waals surface area contributed by atoms with Crippen molar-refractivity contribution in [3.63, 3.8) is 0 Å². The molecule has 0 radical (unpaired) electrons. The molecule has 0 saturated carbocycles. The number of allylic oxidation sites excluding steroid dienone is 2. The Morgan fingerprint density at radius 3 is 2.85 bits per heavy atom. The lowest BCUT2D eigenvalue weighted by Crippen LogP contribution is -2.19. The minimum atomic E-state index is 0.826. The highest BCUT2D eigenvalue weighted by atomic mass is 127. The van der Waals surface area contributed by atoms with Gasteiger partial charge in [0.25, 0.3) is 0 Å². The van der Waals surface area contributed by atoms with Gasteiger partial charge in [0.1, 0.15) is 0 Å². The SMILES string of the molecule is NCCC(CCI)C1C=CCCC1. The van der Waals surface area contributed by atoms with E-state index >= 15 is 0 Å². The van der Waals surface area contributed by atoms with Crippen LogP contribution < -0.4 is 5.73 Å². The van der Waals surface area contributed by atoms with Gasteiger partial charge in [-0.3, -0.25) is 0 Å². The standard InChI is InChI=1S/C11H20IN/c12-8-6-11(7-9-13)10-4-2-1-3-5-10/h2,4,10-11H,1,3,5-9,13H2. The second-order valence-corrected chi connectivity index (χ2v) is 4.92. The van der Waals surface area contributed by atoms with Gasteiger partial charge in [-0.1, -0.05) is 34.7 Å². The third kappa shape index (κ3) is 3.98. The average Bonchev–Trinajstić information content (AvgIpc) is 2.19. The zero-order chi connectivity index (χ0) is 9.52. The lowest BCUT2D eigenvalue weighted by atomic mass is 9.81. The van der Waals surface area contributed by atoms with Crippen LogP contribution in [0.1, 0.15) is 32.1 Å². The lowest BCUT2D eigenvalue weighted by Gasteiger charge is -2.25. The summed E-state index contributed by atoms with van der Waals surface area (Å²) in [4.78, 5) is 0. The summed E-state index contributed by atoms with van der Waals surface area (Å²) in [7, 11) is 0. The van der Waals surface area contributed by atoms with E-state index in [1.165, 1.54) is 36.5 Å². The predicted octanol–water partition coefficient (Wildman–Crippen LogP) is 3.13. The Hall–Kier alpha value is 0.430. The minimum absolute atomic E-state index is 0.826. The van der Waals surface area contributed by atoms with E-state index in [4.69, 9.17) is 5.73 Å². The minimum Gasteiger partial charge on any atom is -0.330 e. The van der Waals surface area contributed by atoms with E-state index in [1.54, 1.807) is 0 Å². The smallest absolute Gasteiger partial charge is 0.000187 e. The van der Waals surface area contributed by atoms with E-state index < -0.39 is 0 Å². The van der Waals surface area contributed by atoms with E-state index in [0.717, 1.165) is 18.4 Å². The molecule has 0 heterocycles. The van der Waals surface area contributed by atoms with Crippen LogP contribution in [-0.4, -0.2) is 11.0 Å². The van der Waals surface area contributed by atoms with Crippen molar-refractivity contribution in [2.75, 3.05) is 11.0 Å². The van der Waals surface area contributed by atoms with Crippen LogP contribution in [0, 0.1) is 11.8 Å². The Morgan fingerprint density at radius 2 is 2.31 bits per heavy atom. The molecule has 0 aromatic rings. The molecule has 76 valence electrons. The Bertz CT molecular complexity index is 150. The van der Waals surface area contributed by atoms with Gasteiger partial charge in [0.05, 0.1) is 0 Å². The van der Waals surface area contributed by atoms with E-state index in [-0.39, 0.29) is 0 Å². The third-order valence-electron chi connectivity index (χ3n) is 2.91. The molecule has 2 unspecified atom stereocenters. The predicted molar refractivity (Wildman–Crippen MR) is 67.1 cm³/mol. The van der Waals surface area contributed by atoms with Gasteiger partial charge in [0.2, 0.25) is 0 Å². The average molecular weight is 293 g/mol. The first-order valence-electron chi connectivity index (χ1n) is 5.31. The van der Waals surface area contributed by atoms with Crippen LogP contribution >= 0.6 is 22.6 Å². The van der Waals surface area contributed by atoms with Gasteiger partial charge in [-0.15, -0.1) is 0 Å². The highest BCUT2D eigenvalue weighted by molar-refractivity contribution is 14.1. The molecule has 1 rings (SSSR count). The zero-order valence-electron chi connectivity index (χ0n) is 8.21. The molecule has 2 N–H and O–H groups in total. The summed E-state index contributed by atoms with van der Waals surface area (Å²) in [5.74, 6) is 1.67. The van der Waals surface area contributed by atoms with Crippen LogP contribution in [-0.2, 0) is 0 Å². The fourth-order valence-electron chi connectivity index (χ4n) is 2.16. The second-order valence-electron chi connectivity index (χ2n) is 3.84. The van der Waals surface area contributed by atoms with Gasteiger partial charge in [-0.25, -0.2) is 0 Å². The monoisotopic (exact) mass is 293 g/mol. The van der Waals surface area contributed by atoms with Crippen LogP contribution in [0.5, 0.6) is 0 Å². The number of nitrogens with two attached hydrogens (primary N) is 1. The molecule has 2 atom stereocenters. The van der Waals surface area contributed by atoms with Crippen molar-refractivity contribution in [3.05, 3.63) is 12.2 Å². The maximum Gasteiger partial charge on any atom is -0.000187 e. The van der Waals surface area contributed by atoms with Crippen LogP contribution in [0.2, 0.25) is 0 Å². The molecule has 2 heteroatoms. The van der Waals surface area contributed by atoms with Crippen molar-refractivity contribution in [2.45, 2.75) is 32.1 Å². The van der Waals surface area contributed by atoms with E-state index in [9.17, 15) is 0 Å². The molecule has 0 spiro atoms. The number of alkyl halides is 1. The van der Waals surface area contributed by atoms with Gasteiger partial charge in [-0.2, -0.15) is 0 Å². The van der Waals surface area contributed by atoms with E-state index in [0.29, 0.717) is 0 Å². The molecule has 0 amide bonds. The first kappa shape index (κ1) is 11.5. The highest BCUT2D eigenvalue weighted by Crippen LogP contribution is 2.29. The molecule has 13 heavy (non-hydrogen) atoms. The number of hydrogen-bond acceptors (Lipinski definition) is 1. The topological polar surface area (TPSA) is 26.0 Å². The van der Waals surface area contributed by atoms with Crippen molar-refractivity contribution >= 4 is 22.6 Å². The van der Waals surface area contributed by atoms with Crippen molar-refractivity contribution in [3.8, 4) is 0 Å². The molecule has 0 bridgehead atoms. The number of halogens is 1. The Morgan fingerprint density at radius 1 is 1.46 bits per heavy atom. The summed E-state index contributed by atoms with van der Waals surface area (Å²) in [5.41, 5.74) is 5.64. The van der Waals surface area contributed by atoms with Crippen molar-refractivity contribution in [1.82, 2.24) is 0 Å².